The van der Waals surface area contributed by atoms with Crippen LogP contribution in [0.15, 0.2) is 24.3 Å². The fourth-order valence-electron chi connectivity index (χ4n) is 2.46. The molecular weight excluding hydrogens is 226 g/mol. The third kappa shape index (κ3) is 2.91. The van der Waals surface area contributed by atoms with E-state index in [2.05, 4.69) is 5.32 Å². The van der Waals surface area contributed by atoms with Crippen molar-refractivity contribution in [1.82, 2.24) is 5.32 Å². The average Bonchev–Trinajstić information content (AvgIpc) is 2.40. The number of carbonyl (C=O) groups excluding carboxylic acids is 1. The first-order valence-electron chi connectivity index (χ1n) is 6.55. The number of benzene rings is 1. The zero-order valence-corrected chi connectivity index (χ0v) is 11.2. The van der Waals surface area contributed by atoms with Crippen LogP contribution < -0.4 is 10.1 Å². The Labute approximate surface area is 109 Å². The van der Waals surface area contributed by atoms with E-state index in [0.717, 1.165) is 30.7 Å². The van der Waals surface area contributed by atoms with E-state index in [1.165, 1.54) is 6.42 Å². The van der Waals surface area contributed by atoms with Crippen molar-refractivity contribution in [3.63, 3.8) is 0 Å². The largest absolute Gasteiger partial charge is 0.497 e. The van der Waals surface area contributed by atoms with Gasteiger partial charge in [-0.05, 0) is 50.4 Å². The topological polar surface area (TPSA) is 38.3 Å². The van der Waals surface area contributed by atoms with Crippen LogP contribution in [0.2, 0.25) is 0 Å². The Bertz CT molecular complexity index is 422. The molecule has 0 radical (unpaired) electrons. The van der Waals surface area contributed by atoms with Gasteiger partial charge in [-0.25, -0.2) is 0 Å². The van der Waals surface area contributed by atoms with Crippen LogP contribution in [0.5, 0.6) is 5.75 Å². The van der Waals surface area contributed by atoms with E-state index in [1.807, 2.05) is 31.2 Å². The predicted octanol–water partition coefficient (Wildman–Crippen LogP) is 2.34. The molecule has 1 atom stereocenters. The number of rotatable bonds is 4. The van der Waals surface area contributed by atoms with Gasteiger partial charge in [0.1, 0.15) is 5.75 Å². The van der Waals surface area contributed by atoms with Gasteiger partial charge >= 0.3 is 0 Å². The summed E-state index contributed by atoms with van der Waals surface area (Å²) in [5.41, 5.74) is 0.675. The summed E-state index contributed by atoms with van der Waals surface area (Å²) in [5, 5.41) is 3.36. The molecule has 2 rings (SSSR count). The molecule has 0 saturated carbocycles. The molecule has 1 aliphatic heterocycles. The van der Waals surface area contributed by atoms with E-state index in [4.69, 9.17) is 4.74 Å². The number of piperidine rings is 1. The number of hydrogen-bond acceptors (Lipinski definition) is 3. The lowest BCUT2D eigenvalue weighted by atomic mass is 9.84. The molecule has 1 heterocycles. The van der Waals surface area contributed by atoms with E-state index in [0.29, 0.717) is 6.42 Å². The molecule has 0 spiro atoms. The average molecular weight is 247 g/mol. The molecule has 1 fully saturated rings. The van der Waals surface area contributed by atoms with Crippen molar-refractivity contribution in [3.05, 3.63) is 29.8 Å². The minimum absolute atomic E-state index is 0.274. The van der Waals surface area contributed by atoms with Crippen LogP contribution in [-0.4, -0.2) is 25.0 Å². The maximum Gasteiger partial charge on any atom is 0.156 e. The van der Waals surface area contributed by atoms with E-state index in [1.54, 1.807) is 7.11 Å². The third-order valence-corrected chi connectivity index (χ3v) is 3.73. The summed E-state index contributed by atoms with van der Waals surface area (Å²) in [7, 11) is 1.64. The Hall–Kier alpha value is -1.35. The van der Waals surface area contributed by atoms with Crippen molar-refractivity contribution in [2.75, 3.05) is 13.7 Å². The number of ketones is 1. The van der Waals surface area contributed by atoms with E-state index in [-0.39, 0.29) is 11.3 Å². The molecule has 0 bridgehead atoms. The number of nitrogens with one attached hydrogen (secondary N) is 1. The van der Waals surface area contributed by atoms with Crippen molar-refractivity contribution in [2.24, 2.45) is 0 Å². The second-order valence-electron chi connectivity index (χ2n) is 5.17. The monoisotopic (exact) mass is 247 g/mol. The molecule has 1 N–H and O–H groups in total. The molecule has 98 valence electrons. The molecule has 1 aromatic carbocycles. The van der Waals surface area contributed by atoms with Crippen LogP contribution in [-0.2, 0) is 11.2 Å². The van der Waals surface area contributed by atoms with E-state index in [9.17, 15) is 4.79 Å². The lowest BCUT2D eigenvalue weighted by molar-refractivity contribution is -0.125. The van der Waals surface area contributed by atoms with Crippen molar-refractivity contribution in [1.29, 1.82) is 0 Å². The summed E-state index contributed by atoms with van der Waals surface area (Å²) >= 11 is 0. The number of carbonyl (C=O) groups is 1. The molecular formula is C15H21NO2. The normalized spacial score (nSPS) is 23.7. The summed E-state index contributed by atoms with van der Waals surface area (Å²) in [6, 6.07) is 7.74. The van der Waals surface area contributed by atoms with Gasteiger partial charge in [-0.15, -0.1) is 0 Å². The minimum Gasteiger partial charge on any atom is -0.497 e. The summed E-state index contributed by atoms with van der Waals surface area (Å²) in [6.07, 6.45) is 3.71. The van der Waals surface area contributed by atoms with Crippen molar-refractivity contribution in [2.45, 2.75) is 38.1 Å². The summed E-state index contributed by atoms with van der Waals surface area (Å²) < 4.78 is 5.18. The highest BCUT2D eigenvalue weighted by molar-refractivity contribution is 5.90. The highest BCUT2D eigenvalue weighted by Crippen LogP contribution is 2.22. The Morgan fingerprint density at radius 1 is 1.44 bits per heavy atom. The quantitative estimate of drug-likeness (QED) is 0.887. The van der Waals surface area contributed by atoms with Gasteiger partial charge in [-0.1, -0.05) is 12.1 Å². The van der Waals surface area contributed by atoms with Crippen LogP contribution >= 0.6 is 0 Å². The maximum absolute atomic E-state index is 12.4. The zero-order valence-electron chi connectivity index (χ0n) is 11.2. The van der Waals surface area contributed by atoms with Crippen LogP contribution in [0.1, 0.15) is 31.7 Å². The van der Waals surface area contributed by atoms with Crippen LogP contribution in [0, 0.1) is 0 Å². The van der Waals surface area contributed by atoms with Crippen LogP contribution in [0.25, 0.3) is 0 Å². The van der Waals surface area contributed by atoms with Crippen molar-refractivity contribution >= 4 is 5.78 Å². The molecule has 3 heteroatoms. The fraction of sp³-hybridized carbons (Fsp3) is 0.533. The van der Waals surface area contributed by atoms with Gasteiger partial charge in [-0.3, -0.25) is 4.79 Å². The highest BCUT2D eigenvalue weighted by Gasteiger charge is 2.33. The number of methoxy groups -OCH3 is 1. The molecule has 0 aromatic heterocycles. The van der Waals surface area contributed by atoms with E-state index < -0.39 is 0 Å². The summed E-state index contributed by atoms with van der Waals surface area (Å²) in [5.74, 6) is 1.08. The molecule has 18 heavy (non-hydrogen) atoms. The minimum atomic E-state index is -0.346. The Balaban J connectivity index is 2.05. The number of hydrogen-bond donors (Lipinski definition) is 1. The molecule has 0 amide bonds. The number of ether oxygens (including phenoxy) is 1. The van der Waals surface area contributed by atoms with Crippen LogP contribution in [0.4, 0.5) is 0 Å². The number of Topliss-reactive ketones (excluding diaryl/α,β-unsaturated/α-hetero) is 1. The zero-order chi connectivity index (χ0) is 13.0. The van der Waals surface area contributed by atoms with Gasteiger partial charge in [0.15, 0.2) is 5.78 Å². The predicted molar refractivity (Wildman–Crippen MR) is 72.0 cm³/mol. The molecule has 3 nitrogen and oxygen atoms in total. The lowest BCUT2D eigenvalue weighted by Gasteiger charge is -2.33. The first kappa shape index (κ1) is 13.1. The lowest BCUT2D eigenvalue weighted by Crippen LogP contribution is -2.52. The van der Waals surface area contributed by atoms with Gasteiger partial charge in [0.2, 0.25) is 0 Å². The highest BCUT2D eigenvalue weighted by atomic mass is 16.5. The van der Waals surface area contributed by atoms with Gasteiger partial charge in [0.05, 0.1) is 12.6 Å². The van der Waals surface area contributed by atoms with Crippen molar-refractivity contribution < 1.29 is 9.53 Å². The molecule has 1 unspecified atom stereocenters. The smallest absolute Gasteiger partial charge is 0.156 e. The first-order chi connectivity index (χ1) is 8.64. The van der Waals surface area contributed by atoms with Gasteiger partial charge in [0.25, 0.3) is 0 Å². The van der Waals surface area contributed by atoms with Gasteiger partial charge < -0.3 is 10.1 Å². The summed E-state index contributed by atoms with van der Waals surface area (Å²) in [4.78, 5) is 12.4. The summed E-state index contributed by atoms with van der Waals surface area (Å²) in [6.45, 7) is 2.97. The fourth-order valence-corrected chi connectivity index (χ4v) is 2.46. The third-order valence-electron chi connectivity index (χ3n) is 3.73. The van der Waals surface area contributed by atoms with E-state index >= 15 is 0 Å². The van der Waals surface area contributed by atoms with Gasteiger partial charge in [-0.2, -0.15) is 0 Å². The standard InChI is InChI=1S/C15H21NO2/c1-15(8-3-4-9-16-15)14(17)11-12-6-5-7-13(10-12)18-2/h5-7,10,16H,3-4,8-9,11H2,1-2H3. The molecule has 1 aromatic rings. The first-order valence-corrected chi connectivity index (χ1v) is 6.55. The Morgan fingerprint density at radius 3 is 2.94 bits per heavy atom. The SMILES string of the molecule is COc1cccc(CC(=O)C2(C)CCCCN2)c1. The second-order valence-corrected chi connectivity index (χ2v) is 5.17. The Morgan fingerprint density at radius 2 is 2.28 bits per heavy atom. The van der Waals surface area contributed by atoms with Gasteiger partial charge in [0, 0.05) is 6.42 Å². The Kier molecular flexibility index (Phi) is 4.02. The molecule has 1 aliphatic rings. The maximum atomic E-state index is 12.4. The van der Waals surface area contributed by atoms with Crippen molar-refractivity contribution in [3.8, 4) is 5.75 Å². The molecule has 1 saturated heterocycles. The van der Waals surface area contributed by atoms with Crippen LogP contribution in [0.3, 0.4) is 0 Å². The second kappa shape index (κ2) is 5.53. The molecule has 0 aliphatic carbocycles.